The Morgan fingerprint density at radius 3 is 2.83 bits per heavy atom. The Morgan fingerprint density at radius 1 is 1.39 bits per heavy atom. The number of rotatable bonds is 5. The molecule has 0 radical (unpaired) electrons. The molecule has 0 aliphatic carbocycles. The topological polar surface area (TPSA) is 62.4 Å². The van der Waals surface area contributed by atoms with E-state index in [0.29, 0.717) is 5.96 Å². The van der Waals surface area contributed by atoms with Crippen molar-refractivity contribution in [3.63, 3.8) is 0 Å². The number of hydrogen-bond donors (Lipinski definition) is 3. The minimum absolute atomic E-state index is 0.0300. The van der Waals surface area contributed by atoms with Crippen molar-refractivity contribution in [2.75, 3.05) is 6.54 Å². The number of nitrogens with zero attached hydrogens (tertiary/aromatic N) is 1. The molecule has 0 aliphatic heterocycles. The number of hydrazine groups is 1. The predicted octanol–water partition coefficient (Wildman–Crippen LogP) is 1.67. The third-order valence-corrected chi connectivity index (χ3v) is 2.37. The Hall–Kier alpha value is -1.69. The smallest absolute Gasteiger partial charge is 0.206 e. The number of guanidine groups is 1. The lowest BCUT2D eigenvalue weighted by atomic mass is 10.2. The molecule has 6 heteroatoms. The molecular weight excluding hydrogens is 238 g/mol. The van der Waals surface area contributed by atoms with Crippen LogP contribution in [0.3, 0.4) is 0 Å². The summed E-state index contributed by atoms with van der Waals surface area (Å²) in [5.41, 5.74) is 2.58. The molecular formula is C12H18F2N4. The zero-order valence-corrected chi connectivity index (χ0v) is 10.3. The highest BCUT2D eigenvalue weighted by Gasteiger charge is 2.03. The number of aliphatic imine (C=N–C) groups is 1. The highest BCUT2D eigenvalue weighted by Crippen LogP contribution is 2.10. The van der Waals surface area contributed by atoms with Crippen LogP contribution in [0.4, 0.5) is 8.78 Å². The maximum atomic E-state index is 13.3. The average molecular weight is 256 g/mol. The fourth-order valence-electron chi connectivity index (χ4n) is 1.36. The Balaban J connectivity index is 2.61. The van der Waals surface area contributed by atoms with Crippen molar-refractivity contribution < 1.29 is 8.78 Å². The number of unbranched alkanes of at least 4 members (excludes halogenated alkanes) is 1. The molecule has 100 valence electrons. The SMILES string of the molecule is CCCCNC(=NCc1cc(F)ccc1F)NN. The van der Waals surface area contributed by atoms with E-state index in [4.69, 9.17) is 5.84 Å². The van der Waals surface area contributed by atoms with E-state index in [2.05, 4.69) is 22.7 Å². The normalized spacial score (nSPS) is 11.4. The molecule has 0 saturated heterocycles. The number of nitrogens with one attached hydrogen (secondary N) is 2. The molecule has 0 spiro atoms. The Morgan fingerprint density at radius 2 is 2.17 bits per heavy atom. The number of benzene rings is 1. The molecule has 4 nitrogen and oxygen atoms in total. The zero-order valence-electron chi connectivity index (χ0n) is 10.3. The summed E-state index contributed by atoms with van der Waals surface area (Å²) in [4.78, 5) is 4.05. The van der Waals surface area contributed by atoms with Gasteiger partial charge in [0.15, 0.2) is 0 Å². The minimum atomic E-state index is -0.484. The molecule has 0 heterocycles. The summed E-state index contributed by atoms with van der Waals surface area (Å²) in [7, 11) is 0. The molecule has 1 aromatic carbocycles. The van der Waals surface area contributed by atoms with Crippen molar-refractivity contribution in [2.45, 2.75) is 26.3 Å². The van der Waals surface area contributed by atoms with Crippen molar-refractivity contribution in [1.82, 2.24) is 10.7 Å². The molecule has 1 rings (SSSR count). The zero-order chi connectivity index (χ0) is 13.4. The van der Waals surface area contributed by atoms with Crippen LogP contribution in [0.15, 0.2) is 23.2 Å². The Kier molecular flexibility index (Phi) is 6.07. The van der Waals surface area contributed by atoms with Gasteiger partial charge in [-0.05, 0) is 24.6 Å². The number of halogens is 2. The van der Waals surface area contributed by atoms with Crippen molar-refractivity contribution >= 4 is 5.96 Å². The highest BCUT2D eigenvalue weighted by atomic mass is 19.1. The first kappa shape index (κ1) is 14.4. The summed E-state index contributed by atoms with van der Waals surface area (Å²) in [5.74, 6) is 4.68. The van der Waals surface area contributed by atoms with Crippen molar-refractivity contribution in [2.24, 2.45) is 10.8 Å². The summed E-state index contributed by atoms with van der Waals surface area (Å²) >= 11 is 0. The first-order valence-electron chi connectivity index (χ1n) is 5.86. The highest BCUT2D eigenvalue weighted by molar-refractivity contribution is 5.79. The van der Waals surface area contributed by atoms with Gasteiger partial charge in [0.1, 0.15) is 11.6 Å². The second-order valence-corrected chi connectivity index (χ2v) is 3.83. The quantitative estimate of drug-likeness (QED) is 0.247. The molecule has 0 atom stereocenters. The van der Waals surface area contributed by atoms with Gasteiger partial charge in [0, 0.05) is 12.1 Å². The monoisotopic (exact) mass is 256 g/mol. The van der Waals surface area contributed by atoms with Crippen LogP contribution in [-0.2, 0) is 6.54 Å². The average Bonchev–Trinajstić information content (AvgIpc) is 2.37. The van der Waals surface area contributed by atoms with Gasteiger partial charge in [0.05, 0.1) is 6.54 Å². The van der Waals surface area contributed by atoms with Crippen LogP contribution in [0, 0.1) is 11.6 Å². The van der Waals surface area contributed by atoms with Crippen molar-refractivity contribution in [3.8, 4) is 0 Å². The van der Waals surface area contributed by atoms with Gasteiger partial charge in [-0.2, -0.15) is 0 Å². The fraction of sp³-hybridized carbons (Fsp3) is 0.417. The van der Waals surface area contributed by atoms with Crippen LogP contribution in [0.1, 0.15) is 25.3 Å². The molecule has 0 aliphatic rings. The van der Waals surface area contributed by atoms with Crippen LogP contribution in [0.5, 0.6) is 0 Å². The van der Waals surface area contributed by atoms with Gasteiger partial charge in [0.2, 0.25) is 5.96 Å². The van der Waals surface area contributed by atoms with E-state index in [1.165, 1.54) is 0 Å². The lowest BCUT2D eigenvalue weighted by molar-refractivity contribution is 0.585. The van der Waals surface area contributed by atoms with Crippen LogP contribution in [0.2, 0.25) is 0 Å². The van der Waals surface area contributed by atoms with Crippen LogP contribution >= 0.6 is 0 Å². The molecule has 1 aromatic rings. The largest absolute Gasteiger partial charge is 0.355 e. The van der Waals surface area contributed by atoms with E-state index in [1.807, 2.05) is 0 Å². The lowest BCUT2D eigenvalue weighted by Crippen LogP contribution is -2.42. The van der Waals surface area contributed by atoms with Gasteiger partial charge in [0.25, 0.3) is 0 Å². The van der Waals surface area contributed by atoms with E-state index >= 15 is 0 Å². The van der Waals surface area contributed by atoms with Crippen LogP contribution in [-0.4, -0.2) is 12.5 Å². The predicted molar refractivity (Wildman–Crippen MR) is 67.7 cm³/mol. The fourth-order valence-corrected chi connectivity index (χ4v) is 1.36. The second-order valence-electron chi connectivity index (χ2n) is 3.83. The second kappa shape index (κ2) is 7.60. The first-order chi connectivity index (χ1) is 8.67. The summed E-state index contributed by atoms with van der Waals surface area (Å²) in [6, 6.07) is 3.28. The van der Waals surface area contributed by atoms with E-state index in [0.717, 1.165) is 37.6 Å². The summed E-state index contributed by atoms with van der Waals surface area (Å²) in [5, 5.41) is 2.97. The van der Waals surface area contributed by atoms with Crippen molar-refractivity contribution in [1.29, 1.82) is 0 Å². The molecule has 4 N–H and O–H groups in total. The maximum absolute atomic E-state index is 13.3. The Bertz CT molecular complexity index is 407. The van der Waals surface area contributed by atoms with Gasteiger partial charge < -0.3 is 5.32 Å². The van der Waals surface area contributed by atoms with Gasteiger partial charge in [-0.1, -0.05) is 13.3 Å². The van der Waals surface area contributed by atoms with Gasteiger partial charge in [-0.15, -0.1) is 0 Å². The molecule has 0 aromatic heterocycles. The maximum Gasteiger partial charge on any atom is 0.206 e. The van der Waals surface area contributed by atoms with E-state index < -0.39 is 11.6 Å². The summed E-state index contributed by atoms with van der Waals surface area (Å²) in [6.45, 7) is 2.82. The third-order valence-electron chi connectivity index (χ3n) is 2.37. The van der Waals surface area contributed by atoms with Gasteiger partial charge in [-0.25, -0.2) is 19.6 Å². The molecule has 0 saturated carbocycles. The van der Waals surface area contributed by atoms with Gasteiger partial charge in [-0.3, -0.25) is 5.43 Å². The molecule has 0 unspecified atom stereocenters. The third kappa shape index (κ3) is 4.67. The van der Waals surface area contributed by atoms with E-state index in [-0.39, 0.29) is 12.1 Å². The lowest BCUT2D eigenvalue weighted by Gasteiger charge is -2.08. The molecule has 18 heavy (non-hydrogen) atoms. The first-order valence-corrected chi connectivity index (χ1v) is 5.86. The molecule has 0 fully saturated rings. The number of hydrogen-bond acceptors (Lipinski definition) is 2. The van der Waals surface area contributed by atoms with Crippen LogP contribution in [0.25, 0.3) is 0 Å². The molecule has 0 amide bonds. The standard InChI is InChI=1S/C12H18F2N4/c1-2-3-6-16-12(18-15)17-8-9-7-10(13)4-5-11(9)14/h4-5,7H,2-3,6,8,15H2,1H3,(H2,16,17,18). The minimum Gasteiger partial charge on any atom is -0.355 e. The summed E-state index contributed by atoms with van der Waals surface area (Å²) in [6.07, 6.45) is 2.03. The Labute approximate surface area is 105 Å². The van der Waals surface area contributed by atoms with Crippen molar-refractivity contribution in [3.05, 3.63) is 35.4 Å². The van der Waals surface area contributed by atoms with E-state index in [1.54, 1.807) is 0 Å². The van der Waals surface area contributed by atoms with Gasteiger partial charge >= 0.3 is 0 Å². The van der Waals surface area contributed by atoms with E-state index in [9.17, 15) is 8.78 Å². The molecule has 0 bridgehead atoms. The number of nitrogens with two attached hydrogens (primary N) is 1. The van der Waals surface area contributed by atoms with Crippen LogP contribution < -0.4 is 16.6 Å². The summed E-state index contributed by atoms with van der Waals surface area (Å²) < 4.78 is 26.3.